The number of hydrogen-bond donors (Lipinski definition) is 0. The molecule has 1 rings (SSSR count). The Balaban J connectivity index is 3.04. The second kappa shape index (κ2) is 8.22. The molecule has 3 nitrogen and oxygen atoms in total. The van der Waals surface area contributed by atoms with Crippen molar-refractivity contribution in [1.82, 2.24) is 0 Å². The van der Waals surface area contributed by atoms with E-state index in [1.807, 2.05) is 0 Å². The molecule has 0 aliphatic rings. The number of hydrogen-bond acceptors (Lipinski definition) is 3. The molecule has 27 heavy (non-hydrogen) atoms. The lowest BCUT2D eigenvalue weighted by Crippen LogP contribution is -2.45. The molecule has 0 N–H and O–H groups in total. The van der Waals surface area contributed by atoms with Crippen LogP contribution in [0.5, 0.6) is 5.75 Å². The van der Waals surface area contributed by atoms with Crippen LogP contribution in [0.2, 0.25) is 36.3 Å². The Morgan fingerprint density at radius 3 is 1.89 bits per heavy atom. The van der Waals surface area contributed by atoms with Crippen LogP contribution in [0.25, 0.3) is 0 Å². The minimum Gasteiger partial charge on any atom is -0.543 e. The molecule has 0 aliphatic carbocycles. The molecule has 1 aromatic carbocycles. The summed E-state index contributed by atoms with van der Waals surface area (Å²) in [4.78, 5) is 11.7. The molecule has 0 heterocycles. The van der Waals surface area contributed by atoms with Crippen molar-refractivity contribution < 1.29 is 13.6 Å². The summed E-state index contributed by atoms with van der Waals surface area (Å²) >= 11 is 0. The zero-order valence-electron chi connectivity index (χ0n) is 19.3. The highest BCUT2D eigenvalue weighted by molar-refractivity contribution is 6.75. The van der Waals surface area contributed by atoms with E-state index >= 15 is 0 Å². The van der Waals surface area contributed by atoms with Crippen LogP contribution in [-0.4, -0.2) is 29.0 Å². The van der Waals surface area contributed by atoms with Crippen LogP contribution in [0.4, 0.5) is 0 Å². The van der Waals surface area contributed by atoms with E-state index in [1.165, 1.54) is 0 Å². The van der Waals surface area contributed by atoms with Crippen LogP contribution in [0, 0.1) is 6.92 Å². The van der Waals surface area contributed by atoms with Crippen molar-refractivity contribution >= 4 is 22.9 Å². The summed E-state index contributed by atoms with van der Waals surface area (Å²) in [6.07, 6.45) is 1.14. The Bertz CT molecular complexity index is 653. The molecule has 0 saturated carbocycles. The lowest BCUT2D eigenvalue weighted by atomic mass is 10.1. The molecule has 0 unspecified atom stereocenters. The highest BCUT2D eigenvalue weighted by atomic mass is 28.4. The zero-order valence-corrected chi connectivity index (χ0v) is 21.3. The number of aryl methyl sites for hydroxylation is 1. The summed E-state index contributed by atoms with van der Waals surface area (Å²) in [7, 11) is -3.89. The molecule has 0 aliphatic heterocycles. The van der Waals surface area contributed by atoms with Crippen LogP contribution in [0.1, 0.15) is 52.7 Å². The summed E-state index contributed by atoms with van der Waals surface area (Å²) in [6, 6.07) is 6.30. The minimum atomic E-state index is -1.99. The standard InChI is InChI=1S/C22H40O3Si2/c1-17-12-18(14-19(13-17)24-26(8,9)21(2,3)4)15-20(16-23)25-27(10,11)22(5,6)7/h12-14,16,20H,15H2,1-11H3/t20-/m1/s1. The quantitative estimate of drug-likeness (QED) is 0.381. The van der Waals surface area contributed by atoms with Crippen molar-refractivity contribution in [2.75, 3.05) is 0 Å². The van der Waals surface area contributed by atoms with E-state index in [-0.39, 0.29) is 10.1 Å². The van der Waals surface area contributed by atoms with Crippen LogP contribution in [-0.2, 0) is 15.6 Å². The monoisotopic (exact) mass is 408 g/mol. The first-order valence-electron chi connectivity index (χ1n) is 9.91. The molecule has 1 atom stereocenters. The summed E-state index contributed by atoms with van der Waals surface area (Å²) in [5.41, 5.74) is 2.25. The van der Waals surface area contributed by atoms with Gasteiger partial charge < -0.3 is 13.6 Å². The smallest absolute Gasteiger partial charge is 0.250 e. The molecule has 154 valence electrons. The van der Waals surface area contributed by atoms with E-state index in [0.29, 0.717) is 6.42 Å². The van der Waals surface area contributed by atoms with Gasteiger partial charge in [-0.15, -0.1) is 0 Å². The normalized spacial score (nSPS) is 14.8. The van der Waals surface area contributed by atoms with E-state index in [4.69, 9.17) is 8.85 Å². The fraction of sp³-hybridized carbons (Fsp3) is 0.682. The topological polar surface area (TPSA) is 35.5 Å². The van der Waals surface area contributed by atoms with Crippen molar-refractivity contribution in [3.8, 4) is 5.75 Å². The first-order chi connectivity index (χ1) is 12.0. The number of carbonyl (C=O) groups excluding carboxylic acids is 1. The maximum Gasteiger partial charge on any atom is 0.250 e. The minimum absolute atomic E-state index is 0.0808. The molecule has 0 aromatic heterocycles. The van der Waals surface area contributed by atoms with Gasteiger partial charge in [-0.25, -0.2) is 0 Å². The molecule has 0 saturated heterocycles. The lowest BCUT2D eigenvalue weighted by molar-refractivity contribution is -0.114. The molecule has 0 bridgehead atoms. The van der Waals surface area contributed by atoms with Gasteiger partial charge in [0.05, 0.1) is 0 Å². The van der Waals surface area contributed by atoms with Gasteiger partial charge in [0.2, 0.25) is 8.32 Å². The van der Waals surface area contributed by atoms with Gasteiger partial charge in [0.1, 0.15) is 18.1 Å². The van der Waals surface area contributed by atoms with Gasteiger partial charge in [0.15, 0.2) is 8.32 Å². The van der Waals surface area contributed by atoms with E-state index in [2.05, 4.69) is 92.9 Å². The van der Waals surface area contributed by atoms with Crippen molar-refractivity contribution in [2.24, 2.45) is 0 Å². The maximum atomic E-state index is 11.7. The van der Waals surface area contributed by atoms with Crippen LogP contribution < -0.4 is 4.43 Å². The molecular formula is C22H40O3Si2. The Morgan fingerprint density at radius 1 is 0.926 bits per heavy atom. The molecular weight excluding hydrogens is 368 g/mol. The van der Waals surface area contributed by atoms with Gasteiger partial charge in [-0.1, -0.05) is 47.6 Å². The van der Waals surface area contributed by atoms with Crippen molar-refractivity contribution in [3.05, 3.63) is 29.3 Å². The number of rotatable bonds is 7. The van der Waals surface area contributed by atoms with Gasteiger partial charge in [-0.2, -0.15) is 0 Å². The molecule has 1 aromatic rings. The molecule has 0 spiro atoms. The number of benzene rings is 1. The van der Waals surface area contributed by atoms with Crippen LogP contribution >= 0.6 is 0 Å². The largest absolute Gasteiger partial charge is 0.543 e. The first kappa shape index (κ1) is 24.1. The summed E-state index contributed by atoms with van der Waals surface area (Å²) in [6.45, 7) is 24.3. The summed E-state index contributed by atoms with van der Waals surface area (Å²) < 4.78 is 12.8. The van der Waals surface area contributed by atoms with Gasteiger partial charge in [0.25, 0.3) is 0 Å². The summed E-state index contributed by atoms with van der Waals surface area (Å²) in [5.74, 6) is 0.911. The average molecular weight is 409 g/mol. The Labute approximate surface area is 169 Å². The highest BCUT2D eigenvalue weighted by Gasteiger charge is 2.40. The summed E-state index contributed by atoms with van der Waals surface area (Å²) in [5, 5.41) is 0.227. The molecule has 0 amide bonds. The third kappa shape index (κ3) is 6.58. The predicted molar refractivity (Wildman–Crippen MR) is 121 cm³/mol. The van der Waals surface area contributed by atoms with Crippen molar-refractivity contribution in [1.29, 1.82) is 0 Å². The third-order valence-corrected chi connectivity index (χ3v) is 15.0. The Kier molecular flexibility index (Phi) is 7.34. The first-order valence-corrected chi connectivity index (χ1v) is 15.7. The van der Waals surface area contributed by atoms with E-state index in [1.54, 1.807) is 0 Å². The fourth-order valence-electron chi connectivity index (χ4n) is 2.35. The Hall–Kier alpha value is -0.916. The molecule has 0 fully saturated rings. The van der Waals surface area contributed by atoms with Crippen LogP contribution in [0.3, 0.4) is 0 Å². The zero-order chi connectivity index (χ0) is 21.3. The predicted octanol–water partition coefficient (Wildman–Crippen LogP) is 6.51. The highest BCUT2D eigenvalue weighted by Crippen LogP contribution is 2.39. The second-order valence-corrected chi connectivity index (χ2v) is 20.3. The van der Waals surface area contributed by atoms with Gasteiger partial charge in [-0.05, 0) is 66.4 Å². The fourth-order valence-corrected chi connectivity index (χ4v) is 4.62. The second-order valence-electron chi connectivity index (χ2n) is 10.8. The SMILES string of the molecule is Cc1cc(C[C@H](C=O)O[Si](C)(C)C(C)(C)C)cc(O[Si](C)(C)C(C)(C)C)c1. The number of carbonyl (C=O) groups is 1. The van der Waals surface area contributed by atoms with Gasteiger partial charge in [0, 0.05) is 6.42 Å². The van der Waals surface area contributed by atoms with E-state index in [0.717, 1.165) is 23.2 Å². The van der Waals surface area contributed by atoms with E-state index < -0.39 is 22.7 Å². The number of aldehydes is 1. The molecule has 5 heteroatoms. The molecule has 0 radical (unpaired) electrons. The van der Waals surface area contributed by atoms with Gasteiger partial charge >= 0.3 is 0 Å². The Morgan fingerprint density at radius 2 is 1.44 bits per heavy atom. The average Bonchev–Trinajstić information content (AvgIpc) is 2.42. The maximum absolute atomic E-state index is 11.7. The third-order valence-electron chi connectivity index (χ3n) is 6.13. The van der Waals surface area contributed by atoms with Crippen molar-refractivity contribution in [3.63, 3.8) is 0 Å². The van der Waals surface area contributed by atoms with Crippen molar-refractivity contribution in [2.45, 2.75) is 97.3 Å². The van der Waals surface area contributed by atoms with E-state index in [9.17, 15) is 4.79 Å². The van der Waals surface area contributed by atoms with Crippen LogP contribution in [0.15, 0.2) is 18.2 Å². The lowest BCUT2D eigenvalue weighted by Gasteiger charge is -2.38. The van der Waals surface area contributed by atoms with Gasteiger partial charge in [-0.3, -0.25) is 0 Å².